The van der Waals surface area contributed by atoms with Crippen molar-refractivity contribution in [3.05, 3.63) is 35.9 Å². The van der Waals surface area contributed by atoms with Gasteiger partial charge >= 0.3 is 0 Å². The van der Waals surface area contributed by atoms with Crippen LogP contribution in [-0.2, 0) is 14.9 Å². The number of halogens is 1. The Morgan fingerprint density at radius 1 is 1.32 bits per heavy atom. The zero-order valence-electron chi connectivity index (χ0n) is 14.0. The molecule has 5 heteroatoms. The van der Waals surface area contributed by atoms with Gasteiger partial charge in [0.15, 0.2) is 0 Å². The van der Waals surface area contributed by atoms with Gasteiger partial charge in [0.05, 0.1) is 12.5 Å². The van der Waals surface area contributed by atoms with Gasteiger partial charge in [-0.3, -0.25) is 4.79 Å². The number of hydrogen-bond donors (Lipinski definition) is 2. The first-order chi connectivity index (χ1) is 9.89. The average molecular weight is 329 g/mol. The summed E-state index contributed by atoms with van der Waals surface area (Å²) >= 11 is 0. The molecule has 0 aliphatic rings. The largest absolute Gasteiger partial charge is 0.380 e. The lowest BCUT2D eigenvalue weighted by Gasteiger charge is -2.29. The maximum absolute atomic E-state index is 12.0. The first-order valence-electron chi connectivity index (χ1n) is 7.46. The van der Waals surface area contributed by atoms with Crippen LogP contribution in [0.1, 0.15) is 39.2 Å². The standard InChI is InChI=1S/C17H28N2O2.ClH/c1-13(19-16(20)10-15(12-18)21-4)11-17(2,3)14-8-6-5-7-9-14;/h5-9,13,15H,10-12,18H2,1-4H3,(H,19,20);1H. The lowest BCUT2D eigenvalue weighted by molar-refractivity contribution is -0.124. The summed E-state index contributed by atoms with van der Waals surface area (Å²) in [5, 5.41) is 3.03. The number of ether oxygens (including phenoxy) is 1. The van der Waals surface area contributed by atoms with Crippen LogP contribution < -0.4 is 11.1 Å². The van der Waals surface area contributed by atoms with E-state index in [2.05, 4.69) is 31.3 Å². The van der Waals surface area contributed by atoms with Crippen LogP contribution in [0.2, 0.25) is 0 Å². The highest BCUT2D eigenvalue weighted by Gasteiger charge is 2.24. The van der Waals surface area contributed by atoms with Crippen LogP contribution in [0, 0.1) is 0 Å². The van der Waals surface area contributed by atoms with E-state index >= 15 is 0 Å². The third-order valence-corrected chi connectivity index (χ3v) is 3.79. The van der Waals surface area contributed by atoms with Crippen molar-refractivity contribution in [3.63, 3.8) is 0 Å². The predicted octanol–water partition coefficient (Wildman–Crippen LogP) is 2.64. The number of rotatable bonds is 8. The molecule has 126 valence electrons. The molecule has 0 saturated carbocycles. The Bertz CT molecular complexity index is 434. The van der Waals surface area contributed by atoms with Crippen molar-refractivity contribution in [1.82, 2.24) is 5.32 Å². The molecule has 0 saturated heterocycles. The Balaban J connectivity index is 0.00000441. The van der Waals surface area contributed by atoms with Gasteiger partial charge in [0.1, 0.15) is 0 Å². The highest BCUT2D eigenvalue weighted by atomic mass is 35.5. The highest BCUT2D eigenvalue weighted by Crippen LogP contribution is 2.28. The Morgan fingerprint density at radius 2 is 1.91 bits per heavy atom. The Morgan fingerprint density at radius 3 is 2.41 bits per heavy atom. The maximum atomic E-state index is 12.0. The minimum atomic E-state index is -0.209. The minimum Gasteiger partial charge on any atom is -0.380 e. The Hall–Kier alpha value is -1.10. The molecule has 0 aromatic heterocycles. The zero-order valence-corrected chi connectivity index (χ0v) is 14.8. The van der Waals surface area contributed by atoms with E-state index in [9.17, 15) is 4.79 Å². The molecule has 3 N–H and O–H groups in total. The smallest absolute Gasteiger partial charge is 0.222 e. The number of nitrogens with one attached hydrogen (secondary N) is 1. The Labute approximate surface area is 140 Å². The fourth-order valence-electron chi connectivity index (χ4n) is 2.63. The van der Waals surface area contributed by atoms with Gasteiger partial charge in [0.2, 0.25) is 5.91 Å². The van der Waals surface area contributed by atoms with Crippen molar-refractivity contribution in [3.8, 4) is 0 Å². The topological polar surface area (TPSA) is 64.3 Å². The van der Waals surface area contributed by atoms with Gasteiger partial charge in [-0.1, -0.05) is 44.2 Å². The van der Waals surface area contributed by atoms with E-state index in [1.165, 1.54) is 5.56 Å². The molecular formula is C17H29ClN2O2. The van der Waals surface area contributed by atoms with Crippen molar-refractivity contribution in [1.29, 1.82) is 0 Å². The molecule has 0 spiro atoms. The van der Waals surface area contributed by atoms with E-state index in [-0.39, 0.29) is 35.9 Å². The summed E-state index contributed by atoms with van der Waals surface area (Å²) in [6.45, 7) is 6.78. The SMILES string of the molecule is COC(CN)CC(=O)NC(C)CC(C)(C)c1ccccc1.Cl. The van der Waals surface area contributed by atoms with Crippen LogP contribution in [0.15, 0.2) is 30.3 Å². The van der Waals surface area contributed by atoms with Gasteiger partial charge in [0, 0.05) is 19.7 Å². The Kier molecular flexibility index (Phi) is 9.33. The quantitative estimate of drug-likeness (QED) is 0.771. The van der Waals surface area contributed by atoms with Crippen LogP contribution in [0.25, 0.3) is 0 Å². The molecule has 2 unspecified atom stereocenters. The van der Waals surface area contributed by atoms with Crippen molar-refractivity contribution < 1.29 is 9.53 Å². The fourth-order valence-corrected chi connectivity index (χ4v) is 2.63. The minimum absolute atomic E-state index is 0. The van der Waals surface area contributed by atoms with Gasteiger partial charge in [-0.05, 0) is 24.3 Å². The molecule has 0 bridgehead atoms. The third kappa shape index (κ3) is 6.77. The van der Waals surface area contributed by atoms with E-state index in [1.54, 1.807) is 7.11 Å². The van der Waals surface area contributed by atoms with Crippen molar-refractivity contribution >= 4 is 18.3 Å². The van der Waals surface area contributed by atoms with E-state index < -0.39 is 0 Å². The fraction of sp³-hybridized carbons (Fsp3) is 0.588. The molecule has 0 fully saturated rings. The normalized spacial score (nSPS) is 13.9. The maximum Gasteiger partial charge on any atom is 0.222 e. The van der Waals surface area contributed by atoms with Crippen LogP contribution in [0.4, 0.5) is 0 Å². The van der Waals surface area contributed by atoms with Crippen LogP contribution in [0.5, 0.6) is 0 Å². The third-order valence-electron chi connectivity index (χ3n) is 3.79. The number of carbonyl (C=O) groups is 1. The van der Waals surface area contributed by atoms with E-state index in [0.717, 1.165) is 6.42 Å². The van der Waals surface area contributed by atoms with Crippen LogP contribution >= 0.6 is 12.4 Å². The van der Waals surface area contributed by atoms with Crippen LogP contribution in [0.3, 0.4) is 0 Å². The summed E-state index contributed by atoms with van der Waals surface area (Å²) in [6.07, 6.45) is 0.978. The summed E-state index contributed by atoms with van der Waals surface area (Å²) in [5.74, 6) is -0.0105. The lowest BCUT2D eigenvalue weighted by atomic mass is 9.79. The zero-order chi connectivity index (χ0) is 15.9. The summed E-state index contributed by atoms with van der Waals surface area (Å²) in [6, 6.07) is 10.5. The van der Waals surface area contributed by atoms with Gasteiger partial charge < -0.3 is 15.8 Å². The van der Waals surface area contributed by atoms with Crippen molar-refractivity contribution in [2.45, 2.75) is 51.2 Å². The number of methoxy groups -OCH3 is 1. The molecule has 22 heavy (non-hydrogen) atoms. The number of carbonyl (C=O) groups excluding carboxylic acids is 1. The lowest BCUT2D eigenvalue weighted by Crippen LogP contribution is -2.39. The van der Waals surface area contributed by atoms with E-state index in [1.807, 2.05) is 25.1 Å². The molecule has 2 atom stereocenters. The van der Waals surface area contributed by atoms with Crippen molar-refractivity contribution in [2.75, 3.05) is 13.7 Å². The molecule has 1 rings (SSSR count). The molecule has 0 aliphatic heterocycles. The molecule has 1 aromatic carbocycles. The second-order valence-electron chi connectivity index (χ2n) is 6.22. The number of amides is 1. The molecule has 1 amide bonds. The molecule has 4 nitrogen and oxygen atoms in total. The summed E-state index contributed by atoms with van der Waals surface area (Å²) in [5.41, 5.74) is 6.83. The monoisotopic (exact) mass is 328 g/mol. The highest BCUT2D eigenvalue weighted by molar-refractivity contribution is 5.85. The van der Waals surface area contributed by atoms with Gasteiger partial charge in [0.25, 0.3) is 0 Å². The number of nitrogens with two attached hydrogens (primary N) is 1. The van der Waals surface area contributed by atoms with Gasteiger partial charge in [-0.25, -0.2) is 0 Å². The first kappa shape index (κ1) is 20.9. The van der Waals surface area contributed by atoms with Crippen molar-refractivity contribution in [2.24, 2.45) is 5.73 Å². The second-order valence-corrected chi connectivity index (χ2v) is 6.22. The average Bonchev–Trinajstić information content (AvgIpc) is 2.45. The summed E-state index contributed by atoms with van der Waals surface area (Å²) in [4.78, 5) is 12.0. The van der Waals surface area contributed by atoms with Crippen LogP contribution in [-0.4, -0.2) is 31.7 Å². The first-order valence-corrected chi connectivity index (χ1v) is 7.46. The molecular weight excluding hydrogens is 300 g/mol. The predicted molar refractivity (Wildman–Crippen MR) is 93.4 cm³/mol. The summed E-state index contributed by atoms with van der Waals surface area (Å²) in [7, 11) is 1.58. The van der Waals surface area contributed by atoms with E-state index in [4.69, 9.17) is 10.5 Å². The number of hydrogen-bond acceptors (Lipinski definition) is 3. The van der Waals surface area contributed by atoms with Gasteiger partial charge in [-0.2, -0.15) is 0 Å². The molecule has 0 aliphatic carbocycles. The molecule has 0 heterocycles. The molecule has 1 aromatic rings. The number of benzene rings is 1. The van der Waals surface area contributed by atoms with E-state index in [0.29, 0.717) is 13.0 Å². The van der Waals surface area contributed by atoms with Gasteiger partial charge in [-0.15, -0.1) is 12.4 Å². The summed E-state index contributed by atoms with van der Waals surface area (Å²) < 4.78 is 5.14. The molecule has 0 radical (unpaired) electrons. The second kappa shape index (κ2) is 9.82.